The van der Waals surface area contributed by atoms with Crippen molar-refractivity contribution in [2.24, 2.45) is 5.92 Å². The van der Waals surface area contributed by atoms with Crippen LogP contribution < -0.4 is 0 Å². The molecule has 1 aliphatic carbocycles. The number of hydrogen-bond acceptors (Lipinski definition) is 4. The largest absolute Gasteiger partial charge is 0.464 e. The van der Waals surface area contributed by atoms with E-state index in [1.54, 1.807) is 0 Å². The van der Waals surface area contributed by atoms with Gasteiger partial charge < -0.3 is 4.74 Å². The van der Waals surface area contributed by atoms with Crippen molar-refractivity contribution < 1.29 is 14.5 Å². The van der Waals surface area contributed by atoms with Gasteiger partial charge in [0.05, 0.1) is 13.0 Å². The van der Waals surface area contributed by atoms with E-state index in [-0.39, 0.29) is 12.3 Å². The maximum Gasteiger partial charge on any atom is 0.385 e. The molecule has 1 saturated carbocycles. The Morgan fingerprint density at radius 1 is 1.92 bits per heavy atom. The van der Waals surface area contributed by atoms with E-state index in [9.17, 15) is 14.9 Å². The van der Waals surface area contributed by atoms with Gasteiger partial charge in [0.25, 0.3) is 0 Å². The molecule has 0 saturated heterocycles. The highest BCUT2D eigenvalue weighted by Crippen LogP contribution is 2.47. The van der Waals surface area contributed by atoms with Gasteiger partial charge in [-0.15, -0.1) is 6.58 Å². The molecule has 0 aromatic carbocycles. The Labute approximate surface area is 69.2 Å². The van der Waals surface area contributed by atoms with Crippen molar-refractivity contribution >= 4 is 5.97 Å². The van der Waals surface area contributed by atoms with E-state index in [0.29, 0.717) is 0 Å². The lowest BCUT2D eigenvalue weighted by Gasteiger charge is -2.04. The first-order chi connectivity index (χ1) is 5.59. The van der Waals surface area contributed by atoms with Gasteiger partial charge in [0.15, 0.2) is 0 Å². The highest BCUT2D eigenvalue weighted by atomic mass is 16.6. The minimum Gasteiger partial charge on any atom is -0.464 e. The summed E-state index contributed by atoms with van der Waals surface area (Å²) < 4.78 is 4.34. The van der Waals surface area contributed by atoms with Crippen LogP contribution in [0, 0.1) is 16.0 Å². The van der Waals surface area contributed by atoms with Crippen LogP contribution in [-0.2, 0) is 9.53 Å². The highest BCUT2D eigenvalue weighted by molar-refractivity contribution is 5.83. The van der Waals surface area contributed by atoms with Gasteiger partial charge in [0.1, 0.15) is 0 Å². The van der Waals surface area contributed by atoms with E-state index in [0.717, 1.165) is 7.11 Å². The minimum absolute atomic E-state index is 0.205. The van der Waals surface area contributed by atoms with Crippen molar-refractivity contribution in [2.45, 2.75) is 12.0 Å². The monoisotopic (exact) mass is 171 g/mol. The highest BCUT2D eigenvalue weighted by Gasteiger charge is 2.72. The fourth-order valence-corrected chi connectivity index (χ4v) is 1.25. The summed E-state index contributed by atoms with van der Waals surface area (Å²) in [5, 5.41) is 10.5. The molecule has 1 rings (SSSR count). The van der Waals surface area contributed by atoms with Crippen molar-refractivity contribution in [3.05, 3.63) is 22.8 Å². The van der Waals surface area contributed by atoms with Gasteiger partial charge in [0.2, 0.25) is 0 Å². The number of hydrogen-bond donors (Lipinski definition) is 0. The fourth-order valence-electron chi connectivity index (χ4n) is 1.25. The van der Waals surface area contributed by atoms with Crippen molar-refractivity contribution in [1.82, 2.24) is 0 Å². The topological polar surface area (TPSA) is 69.4 Å². The summed E-state index contributed by atoms with van der Waals surface area (Å²) >= 11 is 0. The summed E-state index contributed by atoms with van der Waals surface area (Å²) in [6.07, 6.45) is 1.62. The minimum atomic E-state index is -1.53. The lowest BCUT2D eigenvalue weighted by atomic mass is 10.2. The molecule has 0 heterocycles. The van der Waals surface area contributed by atoms with Gasteiger partial charge in [-0.05, 0) is 0 Å². The van der Waals surface area contributed by atoms with Crippen LogP contribution in [0.1, 0.15) is 6.42 Å². The summed E-state index contributed by atoms with van der Waals surface area (Å²) in [6.45, 7) is 3.40. The number of nitro groups is 1. The molecule has 0 aliphatic heterocycles. The first-order valence-electron chi connectivity index (χ1n) is 3.45. The second-order valence-electron chi connectivity index (χ2n) is 2.72. The van der Waals surface area contributed by atoms with Crippen LogP contribution in [0.25, 0.3) is 0 Å². The van der Waals surface area contributed by atoms with Crippen LogP contribution in [0.4, 0.5) is 0 Å². The molecule has 0 aromatic heterocycles. The van der Waals surface area contributed by atoms with Gasteiger partial charge >= 0.3 is 11.5 Å². The lowest BCUT2D eigenvalue weighted by Crippen LogP contribution is -2.35. The molecule has 0 spiro atoms. The Morgan fingerprint density at radius 3 is 2.75 bits per heavy atom. The normalized spacial score (nSPS) is 32.2. The number of esters is 1. The molecule has 1 aliphatic rings. The van der Waals surface area contributed by atoms with Crippen LogP contribution >= 0.6 is 0 Å². The molecule has 2 atom stereocenters. The van der Waals surface area contributed by atoms with E-state index < -0.39 is 16.4 Å². The maximum atomic E-state index is 11.0. The zero-order valence-electron chi connectivity index (χ0n) is 6.65. The standard InChI is InChI=1S/C7H9NO4/c1-3-5-4-7(5,8(10)11)6(9)12-2/h3,5H,1,4H2,2H3/t5-,7-/m0/s1. The molecular weight excluding hydrogens is 162 g/mol. The number of methoxy groups -OCH3 is 1. The molecule has 0 amide bonds. The number of nitrogens with zero attached hydrogens (tertiary/aromatic N) is 1. The Hall–Kier alpha value is -1.39. The smallest absolute Gasteiger partial charge is 0.385 e. The zero-order chi connectivity index (χ0) is 9.35. The maximum absolute atomic E-state index is 11.0. The molecule has 0 unspecified atom stereocenters. The van der Waals surface area contributed by atoms with Crippen LogP contribution in [0.3, 0.4) is 0 Å². The van der Waals surface area contributed by atoms with Crippen molar-refractivity contribution in [1.29, 1.82) is 0 Å². The number of carbonyl (C=O) groups is 1. The van der Waals surface area contributed by atoms with E-state index in [1.807, 2.05) is 0 Å². The molecule has 0 N–H and O–H groups in total. The Kier molecular flexibility index (Phi) is 1.87. The van der Waals surface area contributed by atoms with Gasteiger partial charge in [-0.2, -0.15) is 0 Å². The third-order valence-corrected chi connectivity index (χ3v) is 2.13. The van der Waals surface area contributed by atoms with E-state index in [1.165, 1.54) is 6.08 Å². The number of rotatable bonds is 3. The zero-order valence-corrected chi connectivity index (χ0v) is 6.65. The van der Waals surface area contributed by atoms with Gasteiger partial charge in [-0.25, -0.2) is 4.79 Å². The third-order valence-electron chi connectivity index (χ3n) is 2.13. The Morgan fingerprint density at radius 2 is 2.50 bits per heavy atom. The molecule has 1 fully saturated rings. The quantitative estimate of drug-likeness (QED) is 0.266. The average molecular weight is 171 g/mol. The summed E-state index contributed by atoms with van der Waals surface area (Å²) in [7, 11) is 1.14. The predicted molar refractivity (Wildman–Crippen MR) is 40.0 cm³/mol. The molecule has 5 heteroatoms. The van der Waals surface area contributed by atoms with E-state index in [2.05, 4.69) is 11.3 Å². The Bertz CT molecular complexity index is 250. The SMILES string of the molecule is C=C[C@H]1C[C@]1(C(=O)OC)[N+](=O)[O-]. The third kappa shape index (κ3) is 0.895. The molecule has 12 heavy (non-hydrogen) atoms. The fraction of sp³-hybridized carbons (Fsp3) is 0.571. The first kappa shape index (κ1) is 8.70. The van der Waals surface area contributed by atoms with Crippen LogP contribution in [0.2, 0.25) is 0 Å². The van der Waals surface area contributed by atoms with Crippen molar-refractivity contribution in [3.8, 4) is 0 Å². The van der Waals surface area contributed by atoms with Crippen molar-refractivity contribution in [3.63, 3.8) is 0 Å². The molecule has 0 bridgehead atoms. The second kappa shape index (κ2) is 2.58. The van der Waals surface area contributed by atoms with Crippen LogP contribution in [0.15, 0.2) is 12.7 Å². The van der Waals surface area contributed by atoms with E-state index >= 15 is 0 Å². The molecule has 5 nitrogen and oxygen atoms in total. The Balaban J connectivity index is 2.85. The summed E-state index contributed by atoms with van der Waals surface area (Å²) in [4.78, 5) is 20.9. The second-order valence-corrected chi connectivity index (χ2v) is 2.72. The summed E-state index contributed by atoms with van der Waals surface area (Å²) in [5.41, 5.74) is -1.53. The molecule has 66 valence electrons. The van der Waals surface area contributed by atoms with Crippen LogP contribution in [0.5, 0.6) is 0 Å². The lowest BCUT2D eigenvalue weighted by molar-refractivity contribution is -0.528. The predicted octanol–water partition coefficient (Wildman–Crippen LogP) is 0.381. The van der Waals surface area contributed by atoms with E-state index in [4.69, 9.17) is 0 Å². The summed E-state index contributed by atoms with van der Waals surface area (Å²) in [6, 6.07) is 0. The first-order valence-corrected chi connectivity index (χ1v) is 3.45. The molecule has 0 radical (unpaired) electrons. The van der Waals surface area contributed by atoms with Crippen LogP contribution in [-0.4, -0.2) is 23.5 Å². The molecule has 0 aromatic rings. The number of carbonyl (C=O) groups excluding carboxylic acids is 1. The van der Waals surface area contributed by atoms with Gasteiger partial charge in [-0.3, -0.25) is 10.1 Å². The average Bonchev–Trinajstić information content (AvgIpc) is 2.78. The van der Waals surface area contributed by atoms with Gasteiger partial charge in [-0.1, -0.05) is 6.08 Å². The number of ether oxygens (including phenoxy) is 1. The summed E-state index contributed by atoms with van der Waals surface area (Å²) in [5.74, 6) is -1.16. The van der Waals surface area contributed by atoms with Crippen molar-refractivity contribution in [2.75, 3.05) is 7.11 Å². The van der Waals surface area contributed by atoms with Gasteiger partial charge in [0, 0.05) is 11.3 Å². The molecular formula is C7H9NO4.